The third-order valence-electron chi connectivity index (χ3n) is 6.66. The first-order valence-corrected chi connectivity index (χ1v) is 14.5. The molecule has 2 rings (SSSR count). The quantitative estimate of drug-likeness (QED) is 0.0722. The lowest BCUT2D eigenvalue weighted by molar-refractivity contribution is -0.126. The van der Waals surface area contributed by atoms with Crippen LogP contribution in [0, 0.1) is 15.4 Å². The number of Topliss-reactive ketones (excluding diaryl/α,β-unsaturated/α-hetero) is 1. The number of ketones is 1. The van der Waals surface area contributed by atoms with E-state index in [9.17, 15) is 19.8 Å². The lowest BCUT2D eigenvalue weighted by Crippen LogP contribution is -2.36. The van der Waals surface area contributed by atoms with Crippen molar-refractivity contribution in [3.8, 4) is 11.5 Å². The molecular formula is C29H43IO7. The van der Waals surface area contributed by atoms with Crippen molar-refractivity contribution in [1.29, 1.82) is 0 Å². The van der Waals surface area contributed by atoms with Crippen molar-refractivity contribution < 1.29 is 34.0 Å². The second-order valence-corrected chi connectivity index (χ2v) is 11.2. The van der Waals surface area contributed by atoms with Crippen molar-refractivity contribution in [2.75, 3.05) is 6.61 Å². The molecule has 0 amide bonds. The molecule has 1 saturated heterocycles. The first-order chi connectivity index (χ1) is 17.7. The van der Waals surface area contributed by atoms with Gasteiger partial charge in [-0.25, -0.2) is 0 Å². The minimum Gasteiger partial charge on any atom is -0.493 e. The molecule has 37 heavy (non-hydrogen) atoms. The van der Waals surface area contributed by atoms with E-state index in [0.29, 0.717) is 43.0 Å². The summed E-state index contributed by atoms with van der Waals surface area (Å²) in [5, 5.41) is 20.7. The summed E-state index contributed by atoms with van der Waals surface area (Å²) in [7, 11) is 0. The van der Waals surface area contributed by atoms with E-state index in [1.807, 2.05) is 19.9 Å². The number of aldehydes is 1. The van der Waals surface area contributed by atoms with Gasteiger partial charge in [0.25, 0.3) is 0 Å². The lowest BCUT2D eigenvalue weighted by atomic mass is 9.89. The van der Waals surface area contributed by atoms with Crippen molar-refractivity contribution in [3.63, 3.8) is 0 Å². The van der Waals surface area contributed by atoms with Crippen LogP contribution in [0.15, 0.2) is 18.4 Å². The van der Waals surface area contributed by atoms with Gasteiger partial charge in [0.15, 0.2) is 11.9 Å². The summed E-state index contributed by atoms with van der Waals surface area (Å²) < 4.78 is 18.3. The molecule has 4 atom stereocenters. The van der Waals surface area contributed by atoms with Crippen molar-refractivity contribution in [3.05, 3.63) is 33.1 Å². The average Bonchev–Trinajstić information content (AvgIpc) is 3.60. The fraction of sp³-hybridized carbons (Fsp3) is 0.655. The Bertz CT molecular complexity index is 929. The van der Waals surface area contributed by atoms with E-state index in [1.165, 1.54) is 6.26 Å². The van der Waals surface area contributed by atoms with Gasteiger partial charge in [-0.15, -0.1) is 0 Å². The van der Waals surface area contributed by atoms with Gasteiger partial charge in [-0.3, -0.25) is 9.59 Å². The number of rotatable bonds is 18. The molecule has 1 heterocycles. The summed E-state index contributed by atoms with van der Waals surface area (Å²) in [6.07, 6.45) is 6.89. The Morgan fingerprint density at radius 3 is 2.54 bits per heavy atom. The molecule has 7 nitrogen and oxygen atoms in total. The molecule has 0 aromatic heterocycles. The number of halogens is 1. The molecule has 1 aromatic rings. The van der Waals surface area contributed by atoms with Gasteiger partial charge in [-0.2, -0.15) is 0 Å². The van der Waals surface area contributed by atoms with Crippen molar-refractivity contribution >= 4 is 34.7 Å². The van der Waals surface area contributed by atoms with Crippen LogP contribution in [0.2, 0.25) is 0 Å². The molecule has 1 aliphatic heterocycles. The van der Waals surface area contributed by atoms with E-state index < -0.39 is 17.6 Å². The van der Waals surface area contributed by atoms with Crippen LogP contribution in [-0.2, 0) is 27.4 Å². The molecule has 3 unspecified atom stereocenters. The third-order valence-corrected chi connectivity index (χ3v) is 7.85. The Labute approximate surface area is 235 Å². The molecule has 8 heteroatoms. The number of allylic oxidation sites excluding steroid dienone is 1. The highest BCUT2D eigenvalue weighted by molar-refractivity contribution is 14.1. The summed E-state index contributed by atoms with van der Waals surface area (Å²) in [5.41, 5.74) is 0.431. The Kier molecular flexibility index (Phi) is 13.0. The minimum atomic E-state index is -1.26. The fourth-order valence-corrected chi connectivity index (χ4v) is 5.22. The van der Waals surface area contributed by atoms with Crippen LogP contribution >= 0.6 is 22.6 Å². The van der Waals surface area contributed by atoms with Gasteiger partial charge in [0.2, 0.25) is 0 Å². The molecule has 1 aliphatic rings. The summed E-state index contributed by atoms with van der Waals surface area (Å²) in [6.45, 7) is 10.7. The summed E-state index contributed by atoms with van der Waals surface area (Å²) in [6, 6.07) is 1.95. The van der Waals surface area contributed by atoms with Crippen molar-refractivity contribution in [1.82, 2.24) is 0 Å². The zero-order valence-corrected chi connectivity index (χ0v) is 25.0. The number of hydrogen-bond acceptors (Lipinski definition) is 7. The van der Waals surface area contributed by atoms with Gasteiger partial charge in [-0.1, -0.05) is 47.5 Å². The van der Waals surface area contributed by atoms with Gasteiger partial charge in [0, 0.05) is 17.9 Å². The highest BCUT2D eigenvalue weighted by atomic mass is 127. The number of aliphatic hydroxyl groups is 2. The molecule has 0 bridgehead atoms. The molecule has 0 saturated carbocycles. The number of epoxide rings is 1. The largest absolute Gasteiger partial charge is 0.493 e. The van der Waals surface area contributed by atoms with E-state index in [1.54, 1.807) is 6.08 Å². The molecule has 0 aliphatic carbocycles. The van der Waals surface area contributed by atoms with Crippen LogP contribution < -0.4 is 9.47 Å². The molecule has 0 spiro atoms. The van der Waals surface area contributed by atoms with E-state index in [0.717, 1.165) is 40.6 Å². The summed E-state index contributed by atoms with van der Waals surface area (Å²) >= 11 is 2.16. The maximum atomic E-state index is 13.0. The maximum Gasteiger partial charge on any atom is 0.176 e. The number of carbonyl (C=O) groups is 2. The predicted molar refractivity (Wildman–Crippen MR) is 152 cm³/mol. The third kappa shape index (κ3) is 8.25. The van der Waals surface area contributed by atoms with E-state index in [2.05, 4.69) is 43.4 Å². The smallest absolute Gasteiger partial charge is 0.176 e. The number of carbonyl (C=O) groups excluding carboxylic acids is 2. The average molecular weight is 631 g/mol. The predicted octanol–water partition coefficient (Wildman–Crippen LogP) is 5.54. The molecule has 0 radical (unpaired) electrons. The zero-order valence-electron chi connectivity index (χ0n) is 22.8. The van der Waals surface area contributed by atoms with Gasteiger partial charge in [0.05, 0.1) is 35.3 Å². The first-order valence-electron chi connectivity index (χ1n) is 13.4. The van der Waals surface area contributed by atoms with E-state index in [-0.39, 0.29) is 24.9 Å². The molecule has 2 N–H and O–H groups in total. The van der Waals surface area contributed by atoms with Gasteiger partial charge in [0.1, 0.15) is 17.3 Å². The van der Waals surface area contributed by atoms with Crippen LogP contribution in [0.1, 0.15) is 84.3 Å². The van der Waals surface area contributed by atoms with Crippen LogP contribution in [0.5, 0.6) is 11.5 Å². The van der Waals surface area contributed by atoms with Crippen molar-refractivity contribution in [2.45, 2.75) is 104 Å². The Balaban J connectivity index is 2.21. The number of hydrogen-bond donors (Lipinski definition) is 2. The summed E-state index contributed by atoms with van der Waals surface area (Å²) in [4.78, 5) is 24.5. The second-order valence-electron chi connectivity index (χ2n) is 10.1. The molecule has 208 valence electrons. The second kappa shape index (κ2) is 15.2. The van der Waals surface area contributed by atoms with Crippen LogP contribution in [0.4, 0.5) is 0 Å². The Hall–Kier alpha value is -1.49. The van der Waals surface area contributed by atoms with Crippen molar-refractivity contribution in [2.24, 2.45) is 11.8 Å². The number of aliphatic hydroxyl groups excluding tert-OH is 2. The number of benzene rings is 1. The van der Waals surface area contributed by atoms with E-state index >= 15 is 0 Å². The Morgan fingerprint density at radius 2 is 2.00 bits per heavy atom. The molecular weight excluding hydrogens is 587 g/mol. The number of unbranched alkanes of at least 4 members (excludes halogenated alkanes) is 1. The standard InChI is InChI=1S/C29H43IO7/c1-6-9-12-36-28-21(14-19(4)5)15-24(27(30)22(28)17-31)35-13-11-20(10-7-2)23(33)16-25(34)29(18-32)26(8-3)37-29/h11,13,15,18-20,25-26,31,34H,6-10,12,14,16-17H2,1-5H3/b13-11+/t20?,25-,26?,29?/m0/s1. The highest BCUT2D eigenvalue weighted by Gasteiger charge is 2.61. The SMILES string of the molecule is CCCCOc1c(CC(C)C)cc(O/C=C/C(CCC)C(=O)C[C@H](O)C2(C=O)OC2CC)c(I)c1CO. The van der Waals surface area contributed by atoms with Crippen LogP contribution in [0.25, 0.3) is 0 Å². The molecule has 1 fully saturated rings. The normalized spacial score (nSPS) is 20.7. The first kappa shape index (κ1) is 31.7. The molecule has 1 aromatic carbocycles. The Morgan fingerprint density at radius 1 is 1.27 bits per heavy atom. The minimum absolute atomic E-state index is 0.154. The maximum absolute atomic E-state index is 13.0. The topological polar surface area (TPSA) is 106 Å². The van der Waals surface area contributed by atoms with Gasteiger partial charge in [-0.05, 0) is 71.9 Å². The van der Waals surface area contributed by atoms with Gasteiger partial charge < -0.3 is 24.4 Å². The fourth-order valence-electron chi connectivity index (χ4n) is 4.52. The van der Waals surface area contributed by atoms with E-state index in [4.69, 9.17) is 14.2 Å². The monoisotopic (exact) mass is 630 g/mol. The highest BCUT2D eigenvalue weighted by Crippen LogP contribution is 2.41. The summed E-state index contributed by atoms with van der Waals surface area (Å²) in [5.74, 6) is 1.10. The number of ether oxygens (including phenoxy) is 3. The van der Waals surface area contributed by atoms with Crippen LogP contribution in [-0.4, -0.2) is 46.7 Å². The lowest BCUT2D eigenvalue weighted by Gasteiger charge is -2.20. The van der Waals surface area contributed by atoms with Crippen LogP contribution in [0.3, 0.4) is 0 Å². The van der Waals surface area contributed by atoms with Gasteiger partial charge >= 0.3 is 0 Å². The zero-order chi connectivity index (χ0) is 27.6.